The Kier molecular flexibility index (Phi) is 4.12. The SMILES string of the molecule is COc1cc(C(F)F)c(OC(F)(F)F)c(C(=O)O)n1. The van der Waals surface area contributed by atoms with E-state index in [-0.39, 0.29) is 0 Å². The van der Waals surface area contributed by atoms with E-state index in [1.807, 2.05) is 0 Å². The van der Waals surface area contributed by atoms with Crippen LogP contribution in [0.4, 0.5) is 22.0 Å². The van der Waals surface area contributed by atoms with Gasteiger partial charge in [-0.2, -0.15) is 0 Å². The Morgan fingerprint density at radius 2 is 2.00 bits per heavy atom. The Morgan fingerprint density at radius 1 is 1.42 bits per heavy atom. The standard InChI is InChI=1S/C9H6F5NO4/c1-18-4-2-3(7(10)11)6(19-9(12,13)14)5(15-4)8(16)17/h2,7H,1H3,(H,16,17). The van der Waals surface area contributed by atoms with Crippen LogP contribution >= 0.6 is 0 Å². The molecule has 0 atom stereocenters. The maximum atomic E-state index is 12.6. The molecule has 0 radical (unpaired) electrons. The molecule has 0 amide bonds. The zero-order chi connectivity index (χ0) is 14.8. The van der Waals surface area contributed by atoms with Crippen LogP contribution in [0.5, 0.6) is 11.6 Å². The smallest absolute Gasteiger partial charge is 0.481 e. The Labute approximate surface area is 102 Å². The van der Waals surface area contributed by atoms with Gasteiger partial charge in [0.2, 0.25) is 5.88 Å². The van der Waals surface area contributed by atoms with Crippen LogP contribution in [0, 0.1) is 0 Å². The second-order valence-electron chi connectivity index (χ2n) is 3.09. The average Bonchev–Trinajstić information content (AvgIpc) is 2.26. The highest BCUT2D eigenvalue weighted by molar-refractivity contribution is 5.89. The highest BCUT2D eigenvalue weighted by atomic mass is 19.4. The second-order valence-corrected chi connectivity index (χ2v) is 3.09. The molecular weight excluding hydrogens is 281 g/mol. The van der Waals surface area contributed by atoms with E-state index in [9.17, 15) is 26.7 Å². The normalized spacial score (nSPS) is 11.5. The zero-order valence-corrected chi connectivity index (χ0v) is 9.16. The topological polar surface area (TPSA) is 68.7 Å². The van der Waals surface area contributed by atoms with E-state index in [2.05, 4.69) is 14.5 Å². The molecule has 0 spiro atoms. The molecule has 0 saturated carbocycles. The van der Waals surface area contributed by atoms with E-state index in [1.165, 1.54) is 0 Å². The van der Waals surface area contributed by atoms with Gasteiger partial charge in [0.05, 0.1) is 12.7 Å². The first-order chi connectivity index (χ1) is 8.65. The minimum atomic E-state index is -5.33. The first-order valence-corrected chi connectivity index (χ1v) is 4.51. The Hall–Kier alpha value is -2.13. The van der Waals surface area contributed by atoms with Gasteiger partial charge in [-0.15, -0.1) is 13.2 Å². The molecule has 1 rings (SSSR count). The molecule has 0 unspecified atom stereocenters. The lowest BCUT2D eigenvalue weighted by atomic mass is 10.2. The average molecular weight is 287 g/mol. The number of pyridine rings is 1. The number of carboxylic acids is 1. The van der Waals surface area contributed by atoms with Gasteiger partial charge < -0.3 is 14.6 Å². The minimum absolute atomic E-state index is 0.470. The molecule has 0 aliphatic heterocycles. The van der Waals surface area contributed by atoms with Crippen LogP contribution in [0.15, 0.2) is 6.07 Å². The lowest BCUT2D eigenvalue weighted by Gasteiger charge is -2.15. The number of methoxy groups -OCH3 is 1. The third kappa shape index (κ3) is 3.66. The number of nitrogens with zero attached hydrogens (tertiary/aromatic N) is 1. The molecule has 0 saturated heterocycles. The zero-order valence-electron chi connectivity index (χ0n) is 9.16. The summed E-state index contributed by atoms with van der Waals surface area (Å²) in [7, 11) is 0.994. The van der Waals surface area contributed by atoms with Gasteiger partial charge in [0.1, 0.15) is 0 Å². The summed E-state index contributed by atoms with van der Waals surface area (Å²) in [4.78, 5) is 13.9. The van der Waals surface area contributed by atoms with Crippen LogP contribution in [0.1, 0.15) is 22.5 Å². The van der Waals surface area contributed by atoms with Crippen LogP contribution in [-0.4, -0.2) is 29.5 Å². The van der Waals surface area contributed by atoms with Crippen LogP contribution in [-0.2, 0) is 0 Å². The highest BCUT2D eigenvalue weighted by Gasteiger charge is 2.37. The Morgan fingerprint density at radius 3 is 2.37 bits per heavy atom. The van der Waals surface area contributed by atoms with Crippen molar-refractivity contribution < 1.29 is 41.3 Å². The van der Waals surface area contributed by atoms with Gasteiger partial charge in [-0.1, -0.05) is 0 Å². The number of carbonyl (C=O) groups is 1. The molecule has 0 aliphatic rings. The van der Waals surface area contributed by atoms with Crippen LogP contribution < -0.4 is 9.47 Å². The summed E-state index contributed by atoms with van der Waals surface area (Å²) in [6.45, 7) is 0. The molecular formula is C9H6F5NO4. The number of alkyl halides is 5. The fraction of sp³-hybridized carbons (Fsp3) is 0.333. The van der Waals surface area contributed by atoms with Crippen LogP contribution in [0.3, 0.4) is 0 Å². The second kappa shape index (κ2) is 5.24. The van der Waals surface area contributed by atoms with Crippen molar-refractivity contribution in [3.05, 3.63) is 17.3 Å². The molecule has 0 aliphatic carbocycles. The Bertz CT molecular complexity index is 488. The number of halogens is 5. The molecule has 0 bridgehead atoms. The summed E-state index contributed by atoms with van der Waals surface area (Å²) in [5, 5.41) is 8.68. The molecule has 1 N–H and O–H groups in total. The molecule has 0 fully saturated rings. The summed E-state index contributed by atoms with van der Waals surface area (Å²) in [6.07, 6.45) is -8.73. The molecule has 0 aromatic carbocycles. The first-order valence-electron chi connectivity index (χ1n) is 4.51. The van der Waals surface area contributed by atoms with Gasteiger partial charge in [-0.05, 0) is 0 Å². The number of hydrogen-bond donors (Lipinski definition) is 1. The summed E-state index contributed by atoms with van der Waals surface area (Å²) in [5.41, 5.74) is -2.59. The predicted molar refractivity (Wildman–Crippen MR) is 49.4 cm³/mol. The van der Waals surface area contributed by atoms with Crippen molar-refractivity contribution >= 4 is 5.97 Å². The van der Waals surface area contributed by atoms with E-state index in [1.54, 1.807) is 0 Å². The number of ether oxygens (including phenoxy) is 2. The quantitative estimate of drug-likeness (QED) is 0.862. The monoisotopic (exact) mass is 287 g/mol. The van der Waals surface area contributed by atoms with Crippen molar-refractivity contribution in [3.8, 4) is 11.6 Å². The molecule has 19 heavy (non-hydrogen) atoms. The number of hydrogen-bond acceptors (Lipinski definition) is 4. The predicted octanol–water partition coefficient (Wildman–Crippen LogP) is 2.62. The van der Waals surface area contributed by atoms with Gasteiger partial charge in [-0.3, -0.25) is 0 Å². The Balaban J connectivity index is 3.49. The highest BCUT2D eigenvalue weighted by Crippen LogP contribution is 2.37. The molecule has 1 aromatic rings. The van der Waals surface area contributed by atoms with E-state index >= 15 is 0 Å². The van der Waals surface area contributed by atoms with Crippen molar-refractivity contribution in [1.29, 1.82) is 0 Å². The lowest BCUT2D eigenvalue weighted by Crippen LogP contribution is -2.21. The lowest BCUT2D eigenvalue weighted by molar-refractivity contribution is -0.275. The number of rotatable bonds is 4. The first kappa shape index (κ1) is 14.9. The van der Waals surface area contributed by atoms with Gasteiger partial charge in [0.25, 0.3) is 6.43 Å². The van der Waals surface area contributed by atoms with E-state index in [0.29, 0.717) is 6.07 Å². The van der Waals surface area contributed by atoms with Crippen molar-refractivity contribution in [1.82, 2.24) is 4.98 Å². The van der Waals surface area contributed by atoms with Gasteiger partial charge >= 0.3 is 12.3 Å². The maximum absolute atomic E-state index is 12.6. The molecule has 5 nitrogen and oxygen atoms in total. The number of aromatic carboxylic acids is 1. The van der Waals surface area contributed by atoms with Gasteiger partial charge in [0.15, 0.2) is 11.4 Å². The third-order valence-corrected chi connectivity index (χ3v) is 1.84. The molecule has 1 aromatic heterocycles. The van der Waals surface area contributed by atoms with E-state index in [4.69, 9.17) is 5.11 Å². The summed E-state index contributed by atoms with van der Waals surface area (Å²) in [6, 6.07) is 0.470. The molecule has 10 heteroatoms. The number of aromatic nitrogens is 1. The van der Waals surface area contributed by atoms with Crippen LogP contribution in [0.25, 0.3) is 0 Å². The fourth-order valence-electron chi connectivity index (χ4n) is 1.16. The fourth-order valence-corrected chi connectivity index (χ4v) is 1.16. The third-order valence-electron chi connectivity index (χ3n) is 1.84. The summed E-state index contributed by atoms with van der Waals surface area (Å²) >= 11 is 0. The van der Waals surface area contributed by atoms with Crippen molar-refractivity contribution in [2.75, 3.05) is 7.11 Å². The molecule has 106 valence electrons. The summed E-state index contributed by atoms with van der Waals surface area (Å²) < 4.78 is 69.3. The number of carboxylic acid groups (broad SMARTS) is 1. The van der Waals surface area contributed by atoms with E-state index < -0.39 is 41.6 Å². The maximum Gasteiger partial charge on any atom is 0.573 e. The van der Waals surface area contributed by atoms with Crippen molar-refractivity contribution in [3.63, 3.8) is 0 Å². The van der Waals surface area contributed by atoms with Crippen molar-refractivity contribution in [2.45, 2.75) is 12.8 Å². The van der Waals surface area contributed by atoms with Gasteiger partial charge in [-0.25, -0.2) is 18.6 Å². The largest absolute Gasteiger partial charge is 0.573 e. The van der Waals surface area contributed by atoms with E-state index in [0.717, 1.165) is 7.11 Å². The van der Waals surface area contributed by atoms with Crippen LogP contribution in [0.2, 0.25) is 0 Å². The minimum Gasteiger partial charge on any atom is -0.481 e. The van der Waals surface area contributed by atoms with Crippen molar-refractivity contribution in [2.24, 2.45) is 0 Å². The molecule has 1 heterocycles. The van der Waals surface area contributed by atoms with Gasteiger partial charge in [0, 0.05) is 6.07 Å². The summed E-state index contributed by atoms with van der Waals surface area (Å²) in [5.74, 6) is -4.09.